The molecule has 130 valence electrons. The quantitative estimate of drug-likeness (QED) is 0.770. The third-order valence-electron chi connectivity index (χ3n) is 3.94. The van der Waals surface area contributed by atoms with Crippen LogP contribution in [0.3, 0.4) is 0 Å². The van der Waals surface area contributed by atoms with E-state index in [-0.39, 0.29) is 11.8 Å². The summed E-state index contributed by atoms with van der Waals surface area (Å²) < 4.78 is 5.08. The Morgan fingerprint density at radius 2 is 2.00 bits per heavy atom. The second-order valence-electron chi connectivity index (χ2n) is 5.89. The molecule has 2 amide bonds. The lowest BCUT2D eigenvalue weighted by Gasteiger charge is -2.22. The summed E-state index contributed by atoms with van der Waals surface area (Å²) in [7, 11) is 0. The highest BCUT2D eigenvalue weighted by Crippen LogP contribution is 2.28. The topological polar surface area (TPSA) is 84.5 Å². The minimum Gasteiger partial charge on any atom is -0.454 e. The molecule has 0 radical (unpaired) electrons. The molecule has 1 fully saturated rings. The molecular formula is C17H21ClN2O4. The zero-order valence-electron chi connectivity index (χ0n) is 13.5. The summed E-state index contributed by atoms with van der Waals surface area (Å²) in [6.07, 6.45) is 3.80. The lowest BCUT2D eigenvalue weighted by Crippen LogP contribution is -2.46. The Morgan fingerprint density at radius 3 is 2.62 bits per heavy atom. The highest BCUT2D eigenvalue weighted by molar-refractivity contribution is 6.30. The monoisotopic (exact) mass is 352 g/mol. The van der Waals surface area contributed by atoms with E-state index in [9.17, 15) is 14.4 Å². The Labute approximate surface area is 145 Å². The van der Waals surface area contributed by atoms with Gasteiger partial charge in [-0.05, 0) is 37.0 Å². The fourth-order valence-electron chi connectivity index (χ4n) is 2.87. The van der Waals surface area contributed by atoms with E-state index in [1.807, 2.05) is 0 Å². The first-order chi connectivity index (χ1) is 11.5. The van der Waals surface area contributed by atoms with Crippen LogP contribution in [0.15, 0.2) is 24.3 Å². The van der Waals surface area contributed by atoms with E-state index in [1.54, 1.807) is 24.3 Å². The largest absolute Gasteiger partial charge is 0.454 e. The molecule has 7 heteroatoms. The molecule has 0 saturated heterocycles. The zero-order chi connectivity index (χ0) is 17.5. The number of rotatable bonds is 6. The summed E-state index contributed by atoms with van der Waals surface area (Å²) in [5, 5.41) is 5.74. The number of esters is 1. The number of carbonyl (C=O) groups excluding carboxylic acids is 3. The molecule has 1 unspecified atom stereocenters. The Balaban J connectivity index is 1.87. The summed E-state index contributed by atoms with van der Waals surface area (Å²) >= 11 is 5.84. The van der Waals surface area contributed by atoms with Crippen molar-refractivity contribution in [3.63, 3.8) is 0 Å². The molecule has 6 nitrogen and oxygen atoms in total. The number of carbonyl (C=O) groups is 3. The SMILES string of the molecule is CC(=O)NC(C(=O)OCC(=O)Nc1cccc(Cl)c1)C1CCCC1. The van der Waals surface area contributed by atoms with Gasteiger partial charge in [0.1, 0.15) is 6.04 Å². The van der Waals surface area contributed by atoms with Gasteiger partial charge in [0.05, 0.1) is 0 Å². The Hall–Kier alpha value is -2.08. The van der Waals surface area contributed by atoms with Gasteiger partial charge in [-0.2, -0.15) is 0 Å². The molecule has 2 rings (SSSR count). The van der Waals surface area contributed by atoms with E-state index >= 15 is 0 Å². The van der Waals surface area contributed by atoms with Crippen LogP contribution in [0, 0.1) is 5.92 Å². The second kappa shape index (κ2) is 8.68. The minimum atomic E-state index is -0.691. The maximum Gasteiger partial charge on any atom is 0.329 e. The summed E-state index contributed by atoms with van der Waals surface area (Å²) in [5.41, 5.74) is 0.526. The van der Waals surface area contributed by atoms with Crippen molar-refractivity contribution in [1.82, 2.24) is 5.32 Å². The molecule has 1 atom stereocenters. The van der Waals surface area contributed by atoms with Crippen LogP contribution in [0.5, 0.6) is 0 Å². The van der Waals surface area contributed by atoms with Crippen LogP contribution >= 0.6 is 11.6 Å². The number of nitrogens with one attached hydrogen (secondary N) is 2. The first-order valence-corrected chi connectivity index (χ1v) is 8.32. The van der Waals surface area contributed by atoms with Crippen LogP contribution in [0.1, 0.15) is 32.6 Å². The molecule has 0 bridgehead atoms. The molecular weight excluding hydrogens is 332 g/mol. The first-order valence-electron chi connectivity index (χ1n) is 7.95. The van der Waals surface area contributed by atoms with E-state index in [1.165, 1.54) is 6.92 Å². The average molecular weight is 353 g/mol. The lowest BCUT2D eigenvalue weighted by molar-refractivity contribution is -0.152. The number of hydrogen-bond donors (Lipinski definition) is 2. The Bertz CT molecular complexity index is 614. The van der Waals surface area contributed by atoms with E-state index in [2.05, 4.69) is 10.6 Å². The normalized spacial score (nSPS) is 15.6. The summed E-state index contributed by atoms with van der Waals surface area (Å²) in [5.74, 6) is -1.25. The van der Waals surface area contributed by atoms with Crippen molar-refractivity contribution in [2.45, 2.75) is 38.6 Å². The van der Waals surface area contributed by atoms with Gasteiger partial charge in [-0.3, -0.25) is 9.59 Å². The zero-order valence-corrected chi connectivity index (χ0v) is 14.3. The molecule has 1 aromatic carbocycles. The third kappa shape index (κ3) is 5.53. The summed E-state index contributed by atoms with van der Waals surface area (Å²) in [6, 6.07) is 5.99. The molecule has 1 aliphatic carbocycles. The minimum absolute atomic E-state index is 0.0670. The molecule has 1 saturated carbocycles. The van der Waals surface area contributed by atoms with Crippen molar-refractivity contribution in [1.29, 1.82) is 0 Å². The third-order valence-corrected chi connectivity index (χ3v) is 4.17. The second-order valence-corrected chi connectivity index (χ2v) is 6.33. The molecule has 0 aromatic heterocycles. The van der Waals surface area contributed by atoms with Crippen LogP contribution in [-0.4, -0.2) is 30.4 Å². The highest BCUT2D eigenvalue weighted by atomic mass is 35.5. The lowest BCUT2D eigenvalue weighted by atomic mass is 9.98. The number of amides is 2. The van der Waals surface area contributed by atoms with Gasteiger partial charge in [0.2, 0.25) is 5.91 Å². The summed E-state index contributed by atoms with van der Waals surface area (Å²) in [4.78, 5) is 35.4. The van der Waals surface area contributed by atoms with Gasteiger partial charge in [0.15, 0.2) is 6.61 Å². The fraction of sp³-hybridized carbons (Fsp3) is 0.471. The number of halogens is 1. The molecule has 1 aliphatic rings. The molecule has 0 aliphatic heterocycles. The number of benzene rings is 1. The van der Waals surface area contributed by atoms with Crippen LogP contribution in [0.2, 0.25) is 5.02 Å². The van der Waals surface area contributed by atoms with Gasteiger partial charge in [-0.15, -0.1) is 0 Å². The Kier molecular flexibility index (Phi) is 6.61. The van der Waals surface area contributed by atoms with Gasteiger partial charge in [-0.25, -0.2) is 4.79 Å². The predicted molar refractivity (Wildman–Crippen MR) is 90.6 cm³/mol. The fourth-order valence-corrected chi connectivity index (χ4v) is 3.06. The van der Waals surface area contributed by atoms with Crippen LogP contribution in [0.4, 0.5) is 5.69 Å². The van der Waals surface area contributed by atoms with Gasteiger partial charge in [0, 0.05) is 17.6 Å². The van der Waals surface area contributed by atoms with Gasteiger partial charge in [0.25, 0.3) is 5.91 Å². The highest BCUT2D eigenvalue weighted by Gasteiger charge is 2.32. The molecule has 0 heterocycles. The Morgan fingerprint density at radius 1 is 1.29 bits per heavy atom. The predicted octanol–water partition coefficient (Wildman–Crippen LogP) is 2.52. The molecule has 24 heavy (non-hydrogen) atoms. The van der Waals surface area contributed by atoms with Crippen molar-refractivity contribution in [3.05, 3.63) is 29.3 Å². The standard InChI is InChI=1S/C17H21ClN2O4/c1-11(21)19-16(12-5-2-3-6-12)17(23)24-10-15(22)20-14-8-4-7-13(18)9-14/h4,7-9,12,16H,2-3,5-6,10H2,1H3,(H,19,21)(H,20,22). The van der Waals surface area contributed by atoms with Crippen molar-refractivity contribution < 1.29 is 19.1 Å². The maximum atomic E-state index is 12.2. The van der Waals surface area contributed by atoms with Crippen molar-refractivity contribution in [3.8, 4) is 0 Å². The van der Waals surface area contributed by atoms with Crippen LogP contribution in [0.25, 0.3) is 0 Å². The molecule has 1 aromatic rings. The van der Waals surface area contributed by atoms with Crippen LogP contribution < -0.4 is 10.6 Å². The summed E-state index contributed by atoms with van der Waals surface area (Å²) in [6.45, 7) is 0.954. The number of anilines is 1. The van der Waals surface area contributed by atoms with Gasteiger partial charge in [-0.1, -0.05) is 30.5 Å². The average Bonchev–Trinajstić information content (AvgIpc) is 3.04. The first kappa shape index (κ1) is 18.3. The van der Waals surface area contributed by atoms with Gasteiger partial charge >= 0.3 is 5.97 Å². The van der Waals surface area contributed by atoms with Crippen molar-refractivity contribution in [2.24, 2.45) is 5.92 Å². The molecule has 2 N–H and O–H groups in total. The smallest absolute Gasteiger partial charge is 0.329 e. The maximum absolute atomic E-state index is 12.2. The van der Waals surface area contributed by atoms with Crippen molar-refractivity contribution >= 4 is 35.1 Å². The van der Waals surface area contributed by atoms with E-state index in [0.29, 0.717) is 10.7 Å². The molecule has 0 spiro atoms. The van der Waals surface area contributed by atoms with E-state index < -0.39 is 24.5 Å². The van der Waals surface area contributed by atoms with Crippen molar-refractivity contribution in [2.75, 3.05) is 11.9 Å². The van der Waals surface area contributed by atoms with E-state index in [4.69, 9.17) is 16.3 Å². The number of hydrogen-bond acceptors (Lipinski definition) is 4. The van der Waals surface area contributed by atoms with Crippen LogP contribution in [-0.2, 0) is 19.1 Å². The number of ether oxygens (including phenoxy) is 1. The van der Waals surface area contributed by atoms with E-state index in [0.717, 1.165) is 25.7 Å². The van der Waals surface area contributed by atoms with Gasteiger partial charge < -0.3 is 15.4 Å².